The van der Waals surface area contributed by atoms with Crippen LogP contribution in [0.1, 0.15) is 38.0 Å². The molecule has 0 aliphatic carbocycles. The summed E-state index contributed by atoms with van der Waals surface area (Å²) in [5.74, 6) is -0.394. The first-order valence-electron chi connectivity index (χ1n) is 5.51. The first-order chi connectivity index (χ1) is 9.10. The second-order valence-corrected chi connectivity index (χ2v) is 4.62. The van der Waals surface area contributed by atoms with Crippen molar-refractivity contribution in [2.75, 3.05) is 0 Å². The number of rotatable bonds is 5. The number of hydrogen-bond acceptors (Lipinski definition) is 6. The second-order valence-electron chi connectivity index (χ2n) is 3.59. The zero-order valence-corrected chi connectivity index (χ0v) is 10.9. The highest BCUT2D eigenvalue weighted by Crippen LogP contribution is 2.13. The number of aromatic nitrogens is 2. The van der Waals surface area contributed by atoms with Crippen LogP contribution in [0.5, 0.6) is 0 Å². The van der Waals surface area contributed by atoms with Crippen LogP contribution in [0, 0.1) is 0 Å². The van der Waals surface area contributed by atoms with Crippen molar-refractivity contribution in [3.63, 3.8) is 0 Å². The maximum Gasteiger partial charge on any atom is 0.365 e. The van der Waals surface area contributed by atoms with Gasteiger partial charge in [-0.05, 0) is 0 Å². The van der Waals surface area contributed by atoms with Gasteiger partial charge in [0.1, 0.15) is 10.6 Å². The van der Waals surface area contributed by atoms with Gasteiger partial charge >= 0.3 is 5.97 Å². The highest BCUT2D eigenvalue weighted by atomic mass is 32.1. The summed E-state index contributed by atoms with van der Waals surface area (Å²) in [6, 6.07) is 0. The number of oxazole rings is 1. The van der Waals surface area contributed by atoms with Gasteiger partial charge in [0.2, 0.25) is 10.9 Å². The minimum Gasteiger partial charge on any atom is -0.476 e. The number of carboxylic acid groups (broad SMARTS) is 1. The van der Waals surface area contributed by atoms with E-state index in [4.69, 9.17) is 9.52 Å². The molecule has 0 aliphatic rings. The van der Waals surface area contributed by atoms with E-state index in [1.807, 2.05) is 6.92 Å². The maximum atomic E-state index is 11.7. The summed E-state index contributed by atoms with van der Waals surface area (Å²) >= 11 is 0.820. The number of hydrogen-bond donors (Lipinski definition) is 2. The standard InChI is InChI=1S/C11H11N3O4S/c1-2-6-3-12-8(18-6)5-13-9(15)7-4-14-10(19-7)11(16)17/h3-4H,2,5H2,1H3,(H,13,15)(H,16,17). The lowest BCUT2D eigenvalue weighted by atomic mass is 10.4. The number of aromatic carboxylic acids is 1. The lowest BCUT2D eigenvalue weighted by Gasteiger charge is -1.98. The molecule has 0 saturated heterocycles. The highest BCUT2D eigenvalue weighted by molar-refractivity contribution is 7.15. The number of carboxylic acids is 1. The van der Waals surface area contributed by atoms with Crippen LogP contribution in [0.2, 0.25) is 0 Å². The molecule has 7 nitrogen and oxygen atoms in total. The van der Waals surface area contributed by atoms with Gasteiger partial charge in [-0.25, -0.2) is 14.8 Å². The van der Waals surface area contributed by atoms with Crippen LogP contribution < -0.4 is 5.32 Å². The van der Waals surface area contributed by atoms with E-state index < -0.39 is 11.9 Å². The Balaban J connectivity index is 1.95. The largest absolute Gasteiger partial charge is 0.476 e. The molecule has 0 atom stereocenters. The van der Waals surface area contributed by atoms with Crippen LogP contribution in [-0.2, 0) is 13.0 Å². The van der Waals surface area contributed by atoms with Crippen LogP contribution in [-0.4, -0.2) is 27.0 Å². The molecule has 2 rings (SSSR count). The SMILES string of the molecule is CCc1cnc(CNC(=O)c2cnc(C(=O)O)s2)o1. The third-order valence-corrected chi connectivity index (χ3v) is 3.25. The molecule has 19 heavy (non-hydrogen) atoms. The lowest BCUT2D eigenvalue weighted by Crippen LogP contribution is -2.21. The van der Waals surface area contributed by atoms with Gasteiger partial charge in [0.25, 0.3) is 5.91 Å². The average molecular weight is 281 g/mol. The van der Waals surface area contributed by atoms with Gasteiger partial charge in [-0.1, -0.05) is 6.92 Å². The van der Waals surface area contributed by atoms with Gasteiger partial charge in [-0.15, -0.1) is 11.3 Å². The smallest absolute Gasteiger partial charge is 0.365 e. The number of carbonyl (C=O) groups is 2. The van der Waals surface area contributed by atoms with E-state index in [-0.39, 0.29) is 16.4 Å². The van der Waals surface area contributed by atoms with Crippen LogP contribution in [0.15, 0.2) is 16.8 Å². The molecule has 2 N–H and O–H groups in total. The van der Waals surface area contributed by atoms with Crippen molar-refractivity contribution >= 4 is 23.2 Å². The Bertz CT molecular complexity index is 605. The van der Waals surface area contributed by atoms with E-state index in [0.29, 0.717) is 5.89 Å². The summed E-state index contributed by atoms with van der Waals surface area (Å²) in [6.45, 7) is 2.09. The normalized spacial score (nSPS) is 10.4. The van der Waals surface area contributed by atoms with E-state index >= 15 is 0 Å². The molecule has 2 heterocycles. The Morgan fingerprint density at radius 1 is 1.42 bits per heavy atom. The predicted molar refractivity (Wildman–Crippen MR) is 66.1 cm³/mol. The molecule has 0 unspecified atom stereocenters. The third-order valence-electron chi connectivity index (χ3n) is 2.26. The molecule has 0 fully saturated rings. The van der Waals surface area contributed by atoms with Crippen LogP contribution in [0.25, 0.3) is 0 Å². The molecular weight excluding hydrogens is 270 g/mol. The summed E-state index contributed by atoms with van der Waals surface area (Å²) in [5.41, 5.74) is 0. The average Bonchev–Trinajstić information content (AvgIpc) is 3.04. The molecule has 1 amide bonds. The van der Waals surface area contributed by atoms with Crippen molar-refractivity contribution in [3.8, 4) is 0 Å². The molecule has 0 spiro atoms. The summed E-state index contributed by atoms with van der Waals surface area (Å²) in [6.07, 6.45) is 3.57. The summed E-state index contributed by atoms with van der Waals surface area (Å²) in [5, 5.41) is 11.2. The predicted octanol–water partition coefficient (Wildman–Crippen LogP) is 1.32. The molecule has 100 valence electrons. The van der Waals surface area contributed by atoms with Crippen molar-refractivity contribution in [2.45, 2.75) is 19.9 Å². The lowest BCUT2D eigenvalue weighted by molar-refractivity contribution is 0.0696. The Morgan fingerprint density at radius 3 is 2.79 bits per heavy atom. The topological polar surface area (TPSA) is 105 Å². The van der Waals surface area contributed by atoms with E-state index in [9.17, 15) is 9.59 Å². The van der Waals surface area contributed by atoms with Crippen molar-refractivity contribution < 1.29 is 19.1 Å². The number of thiazole rings is 1. The first-order valence-corrected chi connectivity index (χ1v) is 6.32. The van der Waals surface area contributed by atoms with Gasteiger partial charge < -0.3 is 14.8 Å². The monoisotopic (exact) mass is 281 g/mol. The first kappa shape index (κ1) is 13.2. The third kappa shape index (κ3) is 3.16. The summed E-state index contributed by atoms with van der Waals surface area (Å²) < 4.78 is 5.33. The minimum atomic E-state index is -1.15. The molecule has 2 aromatic rings. The van der Waals surface area contributed by atoms with Gasteiger partial charge in [-0.3, -0.25) is 4.79 Å². The second kappa shape index (κ2) is 5.61. The molecule has 0 saturated carbocycles. The fraction of sp³-hybridized carbons (Fsp3) is 0.273. The quantitative estimate of drug-likeness (QED) is 0.856. The van der Waals surface area contributed by atoms with E-state index in [0.717, 1.165) is 23.5 Å². The van der Waals surface area contributed by atoms with Crippen molar-refractivity contribution in [1.82, 2.24) is 15.3 Å². The Hall–Kier alpha value is -2.22. The van der Waals surface area contributed by atoms with Crippen molar-refractivity contribution in [3.05, 3.63) is 33.9 Å². The number of carbonyl (C=O) groups excluding carboxylic acids is 1. The Morgan fingerprint density at radius 2 is 2.21 bits per heavy atom. The maximum absolute atomic E-state index is 11.7. The van der Waals surface area contributed by atoms with Crippen LogP contribution in [0.3, 0.4) is 0 Å². The number of nitrogens with one attached hydrogen (secondary N) is 1. The van der Waals surface area contributed by atoms with Crippen molar-refractivity contribution in [2.24, 2.45) is 0 Å². The number of amides is 1. The molecule has 0 aromatic carbocycles. The molecular formula is C11H11N3O4S. The highest BCUT2D eigenvalue weighted by Gasteiger charge is 2.14. The Kier molecular flexibility index (Phi) is 3.91. The molecule has 0 aliphatic heterocycles. The fourth-order valence-corrected chi connectivity index (χ4v) is 1.99. The Labute approximate surface area is 112 Å². The van der Waals surface area contributed by atoms with E-state index in [1.165, 1.54) is 6.20 Å². The van der Waals surface area contributed by atoms with Gasteiger partial charge in [-0.2, -0.15) is 0 Å². The zero-order chi connectivity index (χ0) is 13.8. The molecule has 0 bridgehead atoms. The van der Waals surface area contributed by atoms with Crippen LogP contribution >= 0.6 is 11.3 Å². The van der Waals surface area contributed by atoms with Crippen molar-refractivity contribution in [1.29, 1.82) is 0 Å². The van der Waals surface area contributed by atoms with E-state index in [2.05, 4.69) is 15.3 Å². The van der Waals surface area contributed by atoms with Gasteiger partial charge in [0.05, 0.1) is 18.9 Å². The molecule has 0 radical (unpaired) electrons. The van der Waals surface area contributed by atoms with E-state index in [1.54, 1.807) is 6.20 Å². The van der Waals surface area contributed by atoms with Crippen LogP contribution in [0.4, 0.5) is 0 Å². The molecule has 2 aromatic heterocycles. The summed E-state index contributed by atoms with van der Waals surface area (Å²) in [7, 11) is 0. The molecule has 8 heteroatoms. The fourth-order valence-electron chi connectivity index (χ4n) is 1.31. The number of nitrogens with zero attached hydrogens (tertiary/aromatic N) is 2. The van der Waals surface area contributed by atoms with Gasteiger partial charge in [0.15, 0.2) is 0 Å². The summed E-state index contributed by atoms with van der Waals surface area (Å²) in [4.78, 5) is 30.2. The number of aryl methyl sites for hydroxylation is 1. The van der Waals surface area contributed by atoms with Gasteiger partial charge in [0, 0.05) is 6.42 Å². The minimum absolute atomic E-state index is 0.116. The zero-order valence-electron chi connectivity index (χ0n) is 10.0.